The van der Waals surface area contributed by atoms with Crippen molar-refractivity contribution in [3.8, 4) is 0 Å². The highest BCUT2D eigenvalue weighted by Gasteiger charge is 2.10. The summed E-state index contributed by atoms with van der Waals surface area (Å²) in [7, 11) is 0. The lowest BCUT2D eigenvalue weighted by Crippen LogP contribution is -2.24. The first-order valence-corrected chi connectivity index (χ1v) is 6.48. The third-order valence-electron chi connectivity index (χ3n) is 3.24. The van der Waals surface area contributed by atoms with Crippen molar-refractivity contribution < 1.29 is 13.9 Å². The number of rotatable bonds is 5. The standard InChI is InChI=1S/C16H17F2NO/c1-11(12-2-6-14(17)7-3-12)19-10-16(20)13-4-8-15(18)9-5-13/h2-9,11,16,19-20H,10H2,1H3/t11-,16?/m1/s1. The van der Waals surface area contributed by atoms with Gasteiger partial charge < -0.3 is 10.4 Å². The van der Waals surface area contributed by atoms with E-state index in [0.29, 0.717) is 12.1 Å². The van der Waals surface area contributed by atoms with E-state index in [2.05, 4.69) is 5.32 Å². The Bertz CT molecular complexity index is 488. The molecule has 0 fully saturated rings. The number of hydrogen-bond donors (Lipinski definition) is 2. The van der Waals surface area contributed by atoms with Gasteiger partial charge in [0.1, 0.15) is 11.6 Å². The Hall–Kier alpha value is -1.78. The minimum atomic E-state index is -0.710. The first-order valence-electron chi connectivity index (χ1n) is 6.48. The fourth-order valence-corrected chi connectivity index (χ4v) is 1.96. The summed E-state index contributed by atoms with van der Waals surface area (Å²) in [6, 6.07) is 12.0. The van der Waals surface area contributed by atoms with Gasteiger partial charge >= 0.3 is 0 Å². The van der Waals surface area contributed by atoms with Crippen molar-refractivity contribution in [2.75, 3.05) is 6.54 Å². The summed E-state index contributed by atoms with van der Waals surface area (Å²) in [5, 5.41) is 13.2. The Morgan fingerprint density at radius 3 is 1.85 bits per heavy atom. The van der Waals surface area contributed by atoms with Gasteiger partial charge in [0.25, 0.3) is 0 Å². The van der Waals surface area contributed by atoms with Crippen molar-refractivity contribution in [1.29, 1.82) is 0 Å². The van der Waals surface area contributed by atoms with Crippen LogP contribution in [0.1, 0.15) is 30.2 Å². The van der Waals surface area contributed by atoms with Crippen LogP contribution in [0, 0.1) is 11.6 Å². The molecule has 2 aromatic carbocycles. The second-order valence-electron chi connectivity index (χ2n) is 4.75. The zero-order valence-corrected chi connectivity index (χ0v) is 11.2. The van der Waals surface area contributed by atoms with Crippen LogP contribution in [0.2, 0.25) is 0 Å². The average Bonchev–Trinajstić information content (AvgIpc) is 2.46. The number of hydrogen-bond acceptors (Lipinski definition) is 2. The molecule has 1 unspecified atom stereocenters. The van der Waals surface area contributed by atoms with E-state index in [1.807, 2.05) is 6.92 Å². The predicted octanol–water partition coefficient (Wildman–Crippen LogP) is 3.35. The molecule has 2 aromatic rings. The highest BCUT2D eigenvalue weighted by Crippen LogP contribution is 2.16. The zero-order chi connectivity index (χ0) is 14.5. The summed E-state index contributed by atoms with van der Waals surface area (Å²) in [5.41, 5.74) is 1.60. The molecule has 0 bridgehead atoms. The molecule has 0 saturated carbocycles. The lowest BCUT2D eigenvalue weighted by molar-refractivity contribution is 0.170. The third-order valence-corrected chi connectivity index (χ3v) is 3.24. The van der Waals surface area contributed by atoms with Gasteiger partial charge in [0.2, 0.25) is 0 Å². The van der Waals surface area contributed by atoms with E-state index in [9.17, 15) is 13.9 Å². The molecule has 4 heteroatoms. The number of aliphatic hydroxyl groups is 1. The van der Waals surface area contributed by atoms with Gasteiger partial charge in [0.05, 0.1) is 6.10 Å². The molecule has 0 aliphatic rings. The summed E-state index contributed by atoms with van der Waals surface area (Å²) in [4.78, 5) is 0. The van der Waals surface area contributed by atoms with Gasteiger partial charge in [-0.3, -0.25) is 0 Å². The zero-order valence-electron chi connectivity index (χ0n) is 11.2. The molecule has 0 spiro atoms. The van der Waals surface area contributed by atoms with Crippen LogP contribution in [0.4, 0.5) is 8.78 Å². The summed E-state index contributed by atoms with van der Waals surface area (Å²) in [6.07, 6.45) is -0.710. The van der Waals surface area contributed by atoms with Crippen molar-refractivity contribution in [1.82, 2.24) is 5.32 Å². The van der Waals surface area contributed by atoms with Crippen LogP contribution in [-0.2, 0) is 0 Å². The van der Waals surface area contributed by atoms with E-state index < -0.39 is 6.10 Å². The molecule has 2 atom stereocenters. The Labute approximate surface area is 117 Å². The van der Waals surface area contributed by atoms with E-state index in [0.717, 1.165) is 5.56 Å². The van der Waals surface area contributed by atoms with E-state index >= 15 is 0 Å². The molecule has 0 saturated heterocycles. The van der Waals surface area contributed by atoms with Crippen molar-refractivity contribution in [3.63, 3.8) is 0 Å². The minimum Gasteiger partial charge on any atom is -0.387 e. The first-order chi connectivity index (χ1) is 9.56. The summed E-state index contributed by atoms with van der Waals surface area (Å²) in [6.45, 7) is 2.27. The van der Waals surface area contributed by atoms with Gasteiger partial charge in [0.15, 0.2) is 0 Å². The van der Waals surface area contributed by atoms with Crippen LogP contribution in [0.3, 0.4) is 0 Å². The van der Waals surface area contributed by atoms with Crippen molar-refractivity contribution in [2.24, 2.45) is 0 Å². The molecule has 2 nitrogen and oxygen atoms in total. The van der Waals surface area contributed by atoms with Crippen molar-refractivity contribution in [2.45, 2.75) is 19.1 Å². The molecule has 20 heavy (non-hydrogen) atoms. The molecular formula is C16H17F2NO. The van der Waals surface area contributed by atoms with Gasteiger partial charge in [-0.1, -0.05) is 24.3 Å². The molecule has 0 amide bonds. The van der Waals surface area contributed by atoms with Gasteiger partial charge in [-0.25, -0.2) is 8.78 Å². The molecule has 0 aliphatic carbocycles. The molecule has 106 valence electrons. The molecule has 2 N–H and O–H groups in total. The number of halogens is 2. The minimum absolute atomic E-state index is 0.00861. The highest BCUT2D eigenvalue weighted by molar-refractivity contribution is 5.21. The fourth-order valence-electron chi connectivity index (χ4n) is 1.96. The third kappa shape index (κ3) is 3.85. The second-order valence-corrected chi connectivity index (χ2v) is 4.75. The second kappa shape index (κ2) is 6.59. The largest absolute Gasteiger partial charge is 0.387 e. The molecular weight excluding hydrogens is 260 g/mol. The monoisotopic (exact) mass is 277 g/mol. The predicted molar refractivity (Wildman–Crippen MR) is 74.2 cm³/mol. The van der Waals surface area contributed by atoms with Crippen LogP contribution in [0.15, 0.2) is 48.5 Å². The van der Waals surface area contributed by atoms with Crippen LogP contribution >= 0.6 is 0 Å². The van der Waals surface area contributed by atoms with Crippen molar-refractivity contribution >= 4 is 0 Å². The quantitative estimate of drug-likeness (QED) is 0.878. The average molecular weight is 277 g/mol. The van der Waals surface area contributed by atoms with Crippen LogP contribution in [0.5, 0.6) is 0 Å². The smallest absolute Gasteiger partial charge is 0.123 e. The first kappa shape index (κ1) is 14.6. The van der Waals surface area contributed by atoms with Crippen LogP contribution in [0.25, 0.3) is 0 Å². The van der Waals surface area contributed by atoms with Gasteiger partial charge in [-0.15, -0.1) is 0 Å². The lowest BCUT2D eigenvalue weighted by atomic mass is 10.1. The van der Waals surface area contributed by atoms with Gasteiger partial charge in [0, 0.05) is 12.6 Å². The maximum atomic E-state index is 12.8. The molecule has 0 aliphatic heterocycles. The molecule has 2 rings (SSSR count). The number of benzene rings is 2. The van der Waals surface area contributed by atoms with E-state index in [1.165, 1.54) is 24.3 Å². The summed E-state index contributed by atoms with van der Waals surface area (Å²) in [5.74, 6) is -0.596. The van der Waals surface area contributed by atoms with Gasteiger partial charge in [-0.2, -0.15) is 0 Å². The Kier molecular flexibility index (Phi) is 4.82. The Morgan fingerprint density at radius 2 is 1.35 bits per heavy atom. The fraction of sp³-hybridized carbons (Fsp3) is 0.250. The van der Waals surface area contributed by atoms with E-state index in [-0.39, 0.29) is 17.7 Å². The molecule has 0 aromatic heterocycles. The van der Waals surface area contributed by atoms with E-state index in [1.54, 1.807) is 24.3 Å². The Morgan fingerprint density at radius 1 is 0.900 bits per heavy atom. The van der Waals surface area contributed by atoms with Crippen LogP contribution in [-0.4, -0.2) is 11.7 Å². The SMILES string of the molecule is C[C@@H](NCC(O)c1ccc(F)cc1)c1ccc(F)cc1. The highest BCUT2D eigenvalue weighted by atomic mass is 19.1. The lowest BCUT2D eigenvalue weighted by Gasteiger charge is -2.17. The Balaban J connectivity index is 1.91. The van der Waals surface area contributed by atoms with Gasteiger partial charge in [-0.05, 0) is 42.3 Å². The maximum absolute atomic E-state index is 12.8. The molecule has 0 radical (unpaired) electrons. The van der Waals surface area contributed by atoms with Crippen LogP contribution < -0.4 is 5.32 Å². The summed E-state index contributed by atoms with van der Waals surface area (Å²) >= 11 is 0. The normalized spacial score (nSPS) is 14.0. The maximum Gasteiger partial charge on any atom is 0.123 e. The van der Waals surface area contributed by atoms with Crippen molar-refractivity contribution in [3.05, 3.63) is 71.3 Å². The topological polar surface area (TPSA) is 32.3 Å². The van der Waals surface area contributed by atoms with E-state index in [4.69, 9.17) is 0 Å². The summed E-state index contributed by atoms with van der Waals surface area (Å²) < 4.78 is 25.6. The molecule has 0 heterocycles. The number of aliphatic hydroxyl groups excluding tert-OH is 1. The number of nitrogens with one attached hydrogen (secondary N) is 1.